The highest BCUT2D eigenvalue weighted by atomic mass is 35.5. The highest BCUT2D eigenvalue weighted by Gasteiger charge is 2.16. The fourth-order valence-corrected chi connectivity index (χ4v) is 3.59. The van der Waals surface area contributed by atoms with E-state index in [0.717, 1.165) is 26.2 Å². The topological polar surface area (TPSA) is 25.8 Å². The first-order valence-corrected chi connectivity index (χ1v) is 6.95. The van der Waals surface area contributed by atoms with Crippen molar-refractivity contribution in [1.82, 2.24) is 9.97 Å². The average Bonchev–Trinajstić information content (AvgIpc) is 2.66. The van der Waals surface area contributed by atoms with Crippen LogP contribution in [0.4, 0.5) is 4.39 Å². The fraction of sp³-hybridized carbons (Fsp3) is 0.143. The molecule has 0 aliphatic carbocycles. The van der Waals surface area contributed by atoms with E-state index in [2.05, 4.69) is 9.97 Å². The first-order valence-electron chi connectivity index (χ1n) is 5.75. The van der Waals surface area contributed by atoms with Gasteiger partial charge >= 0.3 is 0 Å². The molecule has 0 bridgehead atoms. The molecule has 2 heterocycles. The molecule has 0 fully saturated rings. The van der Waals surface area contributed by atoms with Crippen molar-refractivity contribution in [3.8, 4) is 11.1 Å². The van der Waals surface area contributed by atoms with Gasteiger partial charge in [0.05, 0.1) is 5.39 Å². The van der Waals surface area contributed by atoms with Crippen molar-refractivity contribution in [2.24, 2.45) is 0 Å². The van der Waals surface area contributed by atoms with E-state index in [4.69, 9.17) is 11.6 Å². The van der Waals surface area contributed by atoms with Crippen LogP contribution in [-0.4, -0.2) is 9.97 Å². The van der Waals surface area contributed by atoms with E-state index < -0.39 is 0 Å². The summed E-state index contributed by atoms with van der Waals surface area (Å²) in [4.78, 5) is 10.6. The molecule has 0 aliphatic heterocycles. The Morgan fingerprint density at radius 3 is 2.47 bits per heavy atom. The van der Waals surface area contributed by atoms with Crippen LogP contribution in [0.1, 0.15) is 10.7 Å². The van der Waals surface area contributed by atoms with Gasteiger partial charge in [-0.25, -0.2) is 14.4 Å². The van der Waals surface area contributed by atoms with Crippen LogP contribution in [0.25, 0.3) is 21.3 Å². The van der Waals surface area contributed by atoms with Gasteiger partial charge in [-0.1, -0.05) is 23.7 Å². The van der Waals surface area contributed by atoms with Gasteiger partial charge in [0.25, 0.3) is 0 Å². The summed E-state index contributed by atoms with van der Waals surface area (Å²) in [6.07, 6.45) is 0. The number of thiophene rings is 1. The number of hydrogen-bond donors (Lipinski definition) is 0. The third kappa shape index (κ3) is 2.11. The predicted molar refractivity (Wildman–Crippen MR) is 77.3 cm³/mol. The molecule has 0 N–H and O–H groups in total. The molecule has 2 aromatic heterocycles. The number of benzene rings is 1. The zero-order valence-corrected chi connectivity index (χ0v) is 11.9. The Kier molecular flexibility index (Phi) is 2.99. The largest absolute Gasteiger partial charge is 0.222 e. The Balaban J connectivity index is 2.34. The van der Waals surface area contributed by atoms with Crippen LogP contribution in [0.5, 0.6) is 0 Å². The maximum Gasteiger partial charge on any atom is 0.142 e. The molecule has 0 unspecified atom stereocenters. The highest BCUT2D eigenvalue weighted by Crippen LogP contribution is 2.40. The van der Waals surface area contributed by atoms with Crippen molar-refractivity contribution < 1.29 is 4.39 Å². The minimum absolute atomic E-state index is 0.251. The molecule has 0 saturated carbocycles. The molecule has 3 aromatic rings. The van der Waals surface area contributed by atoms with Crippen LogP contribution in [0, 0.1) is 19.7 Å². The molecule has 0 atom stereocenters. The second-order valence-corrected chi connectivity index (χ2v) is 5.84. The standard InChI is InChI=1S/C14H10ClFN2S/c1-7-11(9-3-5-10(16)6-4-9)12-13(15)17-8(2)18-14(12)19-7/h3-6H,1-2H3. The normalized spacial score (nSPS) is 11.2. The molecule has 0 saturated heterocycles. The van der Waals surface area contributed by atoms with E-state index in [0.29, 0.717) is 11.0 Å². The van der Waals surface area contributed by atoms with Gasteiger partial charge in [0.2, 0.25) is 0 Å². The number of nitrogens with zero attached hydrogens (tertiary/aromatic N) is 2. The van der Waals surface area contributed by atoms with Crippen molar-refractivity contribution in [3.05, 3.63) is 45.9 Å². The lowest BCUT2D eigenvalue weighted by Crippen LogP contribution is -1.88. The highest BCUT2D eigenvalue weighted by molar-refractivity contribution is 7.19. The number of aryl methyl sites for hydroxylation is 2. The molecule has 0 amide bonds. The lowest BCUT2D eigenvalue weighted by atomic mass is 10.0. The molecule has 0 spiro atoms. The molecule has 1 aromatic carbocycles. The third-order valence-corrected chi connectivity index (χ3v) is 4.20. The fourth-order valence-electron chi connectivity index (χ4n) is 2.13. The molecule has 0 radical (unpaired) electrons. The van der Waals surface area contributed by atoms with Crippen LogP contribution in [-0.2, 0) is 0 Å². The lowest BCUT2D eigenvalue weighted by molar-refractivity contribution is 0.628. The Morgan fingerprint density at radius 2 is 1.79 bits per heavy atom. The van der Waals surface area contributed by atoms with Crippen molar-refractivity contribution in [3.63, 3.8) is 0 Å². The summed E-state index contributed by atoms with van der Waals surface area (Å²) in [5.41, 5.74) is 1.92. The molecule has 19 heavy (non-hydrogen) atoms. The van der Waals surface area contributed by atoms with Gasteiger partial charge in [0, 0.05) is 10.4 Å². The van der Waals surface area contributed by atoms with Crippen LogP contribution >= 0.6 is 22.9 Å². The summed E-state index contributed by atoms with van der Waals surface area (Å²) >= 11 is 7.82. The summed E-state index contributed by atoms with van der Waals surface area (Å²) in [6, 6.07) is 6.39. The molecule has 5 heteroatoms. The smallest absolute Gasteiger partial charge is 0.142 e. The summed E-state index contributed by atoms with van der Waals surface area (Å²) in [6.45, 7) is 3.83. The van der Waals surface area contributed by atoms with E-state index in [1.165, 1.54) is 12.1 Å². The molecule has 96 valence electrons. The molecule has 2 nitrogen and oxygen atoms in total. The monoisotopic (exact) mass is 292 g/mol. The van der Waals surface area contributed by atoms with Gasteiger partial charge in [-0.15, -0.1) is 11.3 Å². The molecule has 0 aliphatic rings. The summed E-state index contributed by atoms with van der Waals surface area (Å²) < 4.78 is 13.0. The lowest BCUT2D eigenvalue weighted by Gasteiger charge is -2.03. The quantitative estimate of drug-likeness (QED) is 0.604. The first kappa shape index (κ1) is 12.5. The maximum atomic E-state index is 13.0. The minimum Gasteiger partial charge on any atom is -0.222 e. The van der Waals surface area contributed by atoms with Gasteiger partial charge in [0.15, 0.2) is 0 Å². The molecular formula is C14H10ClFN2S. The summed E-state index contributed by atoms with van der Waals surface area (Å²) in [5, 5.41) is 1.30. The van der Waals surface area contributed by atoms with Gasteiger partial charge in [-0.3, -0.25) is 0 Å². The molecule has 3 rings (SSSR count). The Hall–Kier alpha value is -1.52. The third-order valence-electron chi connectivity index (χ3n) is 2.93. The number of hydrogen-bond acceptors (Lipinski definition) is 3. The van der Waals surface area contributed by atoms with Crippen molar-refractivity contribution in [2.45, 2.75) is 13.8 Å². The van der Waals surface area contributed by atoms with Crippen LogP contribution in [0.2, 0.25) is 5.15 Å². The van der Waals surface area contributed by atoms with Gasteiger partial charge in [-0.05, 0) is 31.5 Å². The minimum atomic E-state index is -0.251. The van der Waals surface area contributed by atoms with Gasteiger partial charge in [0.1, 0.15) is 21.6 Å². The second-order valence-electron chi connectivity index (χ2n) is 4.28. The van der Waals surface area contributed by atoms with Crippen molar-refractivity contribution in [1.29, 1.82) is 0 Å². The van der Waals surface area contributed by atoms with Crippen molar-refractivity contribution >= 4 is 33.2 Å². The average molecular weight is 293 g/mol. The second kappa shape index (κ2) is 4.54. The van der Waals surface area contributed by atoms with Crippen LogP contribution < -0.4 is 0 Å². The predicted octanol–water partition coefficient (Wildman–Crippen LogP) is 4.77. The first-order chi connectivity index (χ1) is 9.06. The van der Waals surface area contributed by atoms with E-state index in [-0.39, 0.29) is 5.82 Å². The summed E-state index contributed by atoms with van der Waals surface area (Å²) in [7, 11) is 0. The SMILES string of the molecule is Cc1nc(Cl)c2c(-c3ccc(F)cc3)c(C)sc2n1. The van der Waals surface area contributed by atoms with Crippen LogP contribution in [0.3, 0.4) is 0 Å². The number of rotatable bonds is 1. The van der Waals surface area contributed by atoms with Crippen LogP contribution in [0.15, 0.2) is 24.3 Å². The van der Waals surface area contributed by atoms with E-state index >= 15 is 0 Å². The van der Waals surface area contributed by atoms with E-state index in [1.54, 1.807) is 23.5 Å². The Bertz CT molecular complexity index is 765. The molecular weight excluding hydrogens is 283 g/mol. The zero-order chi connectivity index (χ0) is 13.6. The van der Waals surface area contributed by atoms with E-state index in [1.807, 2.05) is 13.8 Å². The summed E-state index contributed by atoms with van der Waals surface area (Å²) in [5.74, 6) is 0.406. The van der Waals surface area contributed by atoms with Gasteiger partial charge in [-0.2, -0.15) is 0 Å². The maximum absolute atomic E-state index is 13.0. The zero-order valence-electron chi connectivity index (χ0n) is 10.4. The van der Waals surface area contributed by atoms with Gasteiger partial charge < -0.3 is 0 Å². The Labute approximate surface area is 118 Å². The number of halogens is 2. The number of fused-ring (bicyclic) bond motifs is 1. The van der Waals surface area contributed by atoms with Crippen molar-refractivity contribution in [2.75, 3.05) is 0 Å². The number of aromatic nitrogens is 2. The Morgan fingerprint density at radius 1 is 1.11 bits per heavy atom. The van der Waals surface area contributed by atoms with E-state index in [9.17, 15) is 4.39 Å².